The molecule has 0 saturated carbocycles. The van der Waals surface area contributed by atoms with Gasteiger partial charge in [0.05, 0.1) is 5.69 Å². The van der Waals surface area contributed by atoms with E-state index < -0.39 is 17.9 Å². The molecule has 1 aromatic rings. The van der Waals surface area contributed by atoms with Gasteiger partial charge < -0.3 is 5.32 Å². The minimum Gasteiger partial charge on any atom is -0.321 e. The minimum atomic E-state index is -1.56. The Hall–Kier alpha value is -1.45. The van der Waals surface area contributed by atoms with E-state index in [0.29, 0.717) is 5.56 Å². The average molecular weight is 183 g/mol. The monoisotopic (exact) mass is 183 g/mol. The molecule has 1 heterocycles. The van der Waals surface area contributed by atoms with Gasteiger partial charge in [-0.15, -0.1) is 0 Å². The zero-order chi connectivity index (χ0) is 9.42. The second-order valence-corrected chi connectivity index (χ2v) is 2.93. The van der Waals surface area contributed by atoms with Crippen molar-refractivity contribution < 1.29 is 13.6 Å². The summed E-state index contributed by atoms with van der Waals surface area (Å²) in [6, 6.07) is 4.33. The molecule has 0 saturated heterocycles. The fraction of sp³-hybridized carbons (Fsp3) is 0.222. The number of anilines is 1. The Morgan fingerprint density at radius 2 is 2.23 bits per heavy atom. The molecule has 1 atom stereocenters. The van der Waals surface area contributed by atoms with Gasteiger partial charge in [-0.2, -0.15) is 0 Å². The first kappa shape index (κ1) is 8.16. The molecule has 1 unspecified atom stereocenters. The van der Waals surface area contributed by atoms with Crippen LogP contribution in [0.5, 0.6) is 0 Å². The van der Waals surface area contributed by atoms with Crippen LogP contribution in [-0.2, 0) is 11.2 Å². The maximum absolute atomic E-state index is 13.0. The summed E-state index contributed by atoms with van der Waals surface area (Å²) >= 11 is 0. The number of carbonyl (C=O) groups excluding carboxylic acids is 1. The quantitative estimate of drug-likeness (QED) is 0.651. The fourth-order valence-corrected chi connectivity index (χ4v) is 1.37. The normalized spacial score (nSPS) is 20.8. The van der Waals surface area contributed by atoms with Crippen molar-refractivity contribution in [1.29, 1.82) is 0 Å². The molecule has 4 heteroatoms. The Kier molecular flexibility index (Phi) is 1.76. The van der Waals surface area contributed by atoms with E-state index in [4.69, 9.17) is 0 Å². The summed E-state index contributed by atoms with van der Waals surface area (Å²) in [5.41, 5.74) is 0.619. The molecule has 1 aromatic carbocycles. The molecule has 0 spiro atoms. The molecule has 1 aliphatic rings. The molecule has 0 radical (unpaired) electrons. The fourth-order valence-electron chi connectivity index (χ4n) is 1.37. The number of amides is 1. The van der Waals surface area contributed by atoms with E-state index in [2.05, 4.69) is 5.32 Å². The number of carbonyl (C=O) groups is 1. The van der Waals surface area contributed by atoms with E-state index in [-0.39, 0.29) is 12.1 Å². The van der Waals surface area contributed by atoms with Gasteiger partial charge in [-0.1, -0.05) is 12.1 Å². The van der Waals surface area contributed by atoms with Crippen LogP contribution >= 0.6 is 0 Å². The van der Waals surface area contributed by atoms with Gasteiger partial charge in [0.1, 0.15) is 5.82 Å². The molecule has 0 fully saturated rings. The third-order valence-electron chi connectivity index (χ3n) is 2.03. The topological polar surface area (TPSA) is 29.1 Å². The highest BCUT2D eigenvalue weighted by Gasteiger charge is 2.26. The summed E-state index contributed by atoms with van der Waals surface area (Å²) in [5, 5.41) is 2.19. The van der Waals surface area contributed by atoms with Gasteiger partial charge >= 0.3 is 0 Å². The van der Waals surface area contributed by atoms with Crippen LogP contribution in [0.25, 0.3) is 0 Å². The Balaban J connectivity index is 2.48. The van der Waals surface area contributed by atoms with Crippen molar-refractivity contribution in [2.45, 2.75) is 12.6 Å². The number of para-hydroxylation sites is 1. The molecule has 1 amide bonds. The number of fused-ring (bicyclic) bond motifs is 1. The van der Waals surface area contributed by atoms with E-state index in [9.17, 15) is 13.6 Å². The SMILES string of the molecule is O=C1Nc2c(F)cccc2CC1F. The predicted octanol–water partition coefficient (Wildman–Crippen LogP) is 1.66. The third kappa shape index (κ3) is 1.28. The van der Waals surface area contributed by atoms with Gasteiger partial charge in [-0.05, 0) is 11.6 Å². The van der Waals surface area contributed by atoms with Gasteiger partial charge in [0.15, 0.2) is 6.17 Å². The standard InChI is InChI=1S/C9H7F2NO/c10-6-3-1-2-5-4-7(11)9(13)12-8(5)6/h1-3,7H,4H2,(H,12,13). The molecule has 68 valence electrons. The van der Waals surface area contributed by atoms with Crippen LogP contribution in [0.1, 0.15) is 5.56 Å². The van der Waals surface area contributed by atoms with Gasteiger partial charge in [-0.25, -0.2) is 8.78 Å². The summed E-state index contributed by atoms with van der Waals surface area (Å²) in [6.45, 7) is 0. The lowest BCUT2D eigenvalue weighted by molar-refractivity contribution is -0.121. The predicted molar refractivity (Wildman–Crippen MR) is 43.6 cm³/mol. The van der Waals surface area contributed by atoms with Crippen molar-refractivity contribution in [3.05, 3.63) is 29.6 Å². The lowest BCUT2D eigenvalue weighted by Crippen LogP contribution is -2.31. The smallest absolute Gasteiger partial charge is 0.259 e. The van der Waals surface area contributed by atoms with Crippen molar-refractivity contribution in [3.8, 4) is 0 Å². The van der Waals surface area contributed by atoms with Crippen LogP contribution in [0.3, 0.4) is 0 Å². The molecule has 0 aliphatic carbocycles. The Morgan fingerprint density at radius 3 is 3.00 bits per heavy atom. The van der Waals surface area contributed by atoms with Crippen LogP contribution in [0, 0.1) is 5.82 Å². The van der Waals surface area contributed by atoms with E-state index in [1.54, 1.807) is 6.07 Å². The highest BCUT2D eigenvalue weighted by atomic mass is 19.1. The zero-order valence-corrected chi connectivity index (χ0v) is 6.68. The van der Waals surface area contributed by atoms with E-state index >= 15 is 0 Å². The van der Waals surface area contributed by atoms with E-state index in [0.717, 1.165) is 0 Å². The van der Waals surface area contributed by atoms with Crippen molar-refractivity contribution in [2.24, 2.45) is 0 Å². The number of hydrogen-bond donors (Lipinski definition) is 1. The second kappa shape index (κ2) is 2.80. The lowest BCUT2D eigenvalue weighted by atomic mass is 10.0. The number of rotatable bonds is 0. The van der Waals surface area contributed by atoms with E-state index in [1.165, 1.54) is 12.1 Å². The average Bonchev–Trinajstić information content (AvgIpc) is 2.09. The second-order valence-electron chi connectivity index (χ2n) is 2.93. The number of nitrogens with one attached hydrogen (secondary N) is 1. The van der Waals surface area contributed by atoms with E-state index in [1.807, 2.05) is 0 Å². The number of benzene rings is 1. The number of alkyl halides is 1. The molecule has 1 N–H and O–H groups in total. The summed E-state index contributed by atoms with van der Waals surface area (Å²) in [4.78, 5) is 10.9. The lowest BCUT2D eigenvalue weighted by Gasteiger charge is -2.19. The molecule has 0 bridgehead atoms. The van der Waals surface area contributed by atoms with Crippen LogP contribution in [0.4, 0.5) is 14.5 Å². The largest absolute Gasteiger partial charge is 0.321 e. The van der Waals surface area contributed by atoms with Gasteiger partial charge in [0, 0.05) is 6.42 Å². The number of hydrogen-bond acceptors (Lipinski definition) is 1. The summed E-state index contributed by atoms with van der Waals surface area (Å²) < 4.78 is 25.9. The number of halogens is 2. The Bertz CT molecular complexity index is 365. The maximum Gasteiger partial charge on any atom is 0.259 e. The van der Waals surface area contributed by atoms with Gasteiger partial charge in [0.25, 0.3) is 5.91 Å². The van der Waals surface area contributed by atoms with Crippen molar-refractivity contribution in [2.75, 3.05) is 5.32 Å². The highest BCUT2D eigenvalue weighted by molar-refractivity contribution is 5.97. The molecule has 1 aliphatic heterocycles. The Labute approximate surface area is 73.6 Å². The first-order chi connectivity index (χ1) is 6.18. The summed E-state index contributed by atoms with van der Waals surface area (Å²) in [6.07, 6.45) is -1.60. The summed E-state index contributed by atoms with van der Waals surface area (Å²) in [5.74, 6) is -1.28. The molecule has 2 nitrogen and oxygen atoms in total. The first-order valence-corrected chi connectivity index (χ1v) is 3.91. The van der Waals surface area contributed by atoms with Crippen molar-refractivity contribution in [3.63, 3.8) is 0 Å². The maximum atomic E-state index is 13.0. The van der Waals surface area contributed by atoms with Crippen LogP contribution in [0.15, 0.2) is 18.2 Å². The molecule has 2 rings (SSSR count). The Morgan fingerprint density at radius 1 is 1.46 bits per heavy atom. The van der Waals surface area contributed by atoms with Crippen molar-refractivity contribution >= 4 is 11.6 Å². The molecule has 0 aromatic heterocycles. The van der Waals surface area contributed by atoms with Gasteiger partial charge in [0.2, 0.25) is 0 Å². The highest BCUT2D eigenvalue weighted by Crippen LogP contribution is 2.26. The molecule has 13 heavy (non-hydrogen) atoms. The van der Waals surface area contributed by atoms with Crippen molar-refractivity contribution in [1.82, 2.24) is 0 Å². The molecular weight excluding hydrogens is 176 g/mol. The van der Waals surface area contributed by atoms with Gasteiger partial charge in [-0.3, -0.25) is 4.79 Å². The van der Waals surface area contributed by atoms with Crippen LogP contribution in [-0.4, -0.2) is 12.1 Å². The first-order valence-electron chi connectivity index (χ1n) is 3.91. The third-order valence-corrected chi connectivity index (χ3v) is 2.03. The summed E-state index contributed by atoms with van der Waals surface area (Å²) in [7, 11) is 0. The van der Waals surface area contributed by atoms with Crippen LogP contribution < -0.4 is 5.32 Å². The minimum absolute atomic E-state index is 0.0427. The van der Waals surface area contributed by atoms with Crippen LogP contribution in [0.2, 0.25) is 0 Å². The zero-order valence-electron chi connectivity index (χ0n) is 6.68. The molecular formula is C9H7F2NO.